The Kier molecular flexibility index (Phi) is 2.42. The van der Waals surface area contributed by atoms with Gasteiger partial charge in [0.15, 0.2) is 0 Å². The molecule has 0 saturated heterocycles. The third-order valence-corrected chi connectivity index (χ3v) is 4.31. The van der Waals surface area contributed by atoms with E-state index in [-0.39, 0.29) is 0 Å². The van der Waals surface area contributed by atoms with E-state index in [1.165, 1.54) is 27.7 Å². The molecule has 1 N–H and O–H groups in total. The van der Waals surface area contributed by atoms with Crippen molar-refractivity contribution in [2.45, 2.75) is 12.8 Å². The van der Waals surface area contributed by atoms with Crippen molar-refractivity contribution in [2.24, 2.45) is 7.05 Å². The van der Waals surface area contributed by atoms with Crippen LogP contribution in [0.2, 0.25) is 0 Å². The Morgan fingerprint density at radius 1 is 1.21 bits per heavy atom. The molecule has 0 bridgehead atoms. The average Bonchev–Trinajstić information content (AvgIpc) is 2.63. The second kappa shape index (κ2) is 4.14. The molecule has 1 aromatic carbocycles. The van der Waals surface area contributed by atoms with Crippen LogP contribution in [0.4, 0.5) is 0 Å². The van der Waals surface area contributed by atoms with Gasteiger partial charge in [0.1, 0.15) is 12.4 Å². The van der Waals surface area contributed by atoms with Gasteiger partial charge in [-0.3, -0.25) is 0 Å². The number of fused-ring (bicyclic) bond motifs is 5. The first kappa shape index (κ1) is 11.1. The van der Waals surface area contributed by atoms with Gasteiger partial charge in [-0.25, -0.2) is 0 Å². The van der Waals surface area contributed by atoms with Crippen molar-refractivity contribution in [3.63, 3.8) is 0 Å². The summed E-state index contributed by atoms with van der Waals surface area (Å²) in [4.78, 5) is 0. The normalized spacial score (nSPS) is 17.7. The summed E-state index contributed by atoms with van der Waals surface area (Å²) in [7, 11) is 2.19. The molecule has 0 aliphatic carbocycles. The van der Waals surface area contributed by atoms with Crippen molar-refractivity contribution in [1.29, 1.82) is 0 Å². The Morgan fingerprint density at radius 3 is 3.05 bits per heavy atom. The number of hydrogen-bond donors (Lipinski definition) is 1. The maximum Gasteiger partial charge on any atom is 0.127 e. The molecule has 0 amide bonds. The molecule has 2 aromatic rings. The van der Waals surface area contributed by atoms with Gasteiger partial charge in [-0.2, -0.15) is 0 Å². The average molecular weight is 254 g/mol. The van der Waals surface area contributed by atoms with E-state index in [0.717, 1.165) is 31.7 Å². The molecular weight excluding hydrogens is 236 g/mol. The Morgan fingerprint density at radius 2 is 2.11 bits per heavy atom. The van der Waals surface area contributed by atoms with Crippen LogP contribution >= 0.6 is 0 Å². The van der Waals surface area contributed by atoms with E-state index in [1.54, 1.807) is 0 Å². The van der Waals surface area contributed by atoms with E-state index >= 15 is 0 Å². The molecular formula is C16H18N2O. The minimum absolute atomic E-state index is 0.690. The number of hydrogen-bond acceptors (Lipinski definition) is 2. The summed E-state index contributed by atoms with van der Waals surface area (Å²) < 4.78 is 8.11. The third-order valence-electron chi connectivity index (χ3n) is 4.31. The third kappa shape index (κ3) is 1.55. The zero-order chi connectivity index (χ0) is 12.8. The van der Waals surface area contributed by atoms with Crippen LogP contribution in [0.3, 0.4) is 0 Å². The first-order valence-corrected chi connectivity index (χ1v) is 6.99. The van der Waals surface area contributed by atoms with E-state index in [0.29, 0.717) is 6.61 Å². The highest BCUT2D eigenvalue weighted by Crippen LogP contribution is 2.37. The summed E-state index contributed by atoms with van der Waals surface area (Å²) in [6.45, 7) is 2.83. The summed E-state index contributed by atoms with van der Waals surface area (Å²) in [6, 6.07) is 4.31. The van der Waals surface area contributed by atoms with Crippen molar-refractivity contribution < 1.29 is 4.74 Å². The van der Waals surface area contributed by atoms with Crippen molar-refractivity contribution in [3.05, 3.63) is 35.0 Å². The zero-order valence-corrected chi connectivity index (χ0v) is 11.2. The zero-order valence-electron chi connectivity index (χ0n) is 11.2. The number of aromatic nitrogens is 1. The predicted molar refractivity (Wildman–Crippen MR) is 77.7 cm³/mol. The summed E-state index contributed by atoms with van der Waals surface area (Å²) in [6.07, 6.45) is 6.55. The molecule has 4 rings (SSSR count). The quantitative estimate of drug-likeness (QED) is 0.780. The molecule has 3 nitrogen and oxygen atoms in total. The predicted octanol–water partition coefficient (Wildman–Crippen LogP) is 2.27. The number of nitrogens with one attached hydrogen (secondary N) is 1. The van der Waals surface area contributed by atoms with Gasteiger partial charge in [0.2, 0.25) is 0 Å². The Bertz CT molecular complexity index is 682. The van der Waals surface area contributed by atoms with Crippen LogP contribution < -0.4 is 10.1 Å². The number of benzene rings is 1. The summed E-state index contributed by atoms with van der Waals surface area (Å²) >= 11 is 0. The van der Waals surface area contributed by atoms with E-state index in [9.17, 15) is 0 Å². The summed E-state index contributed by atoms with van der Waals surface area (Å²) in [5.41, 5.74) is 5.59. The van der Waals surface area contributed by atoms with Crippen LogP contribution in [0.15, 0.2) is 18.2 Å². The highest BCUT2D eigenvalue weighted by Gasteiger charge is 2.21. The van der Waals surface area contributed by atoms with E-state index in [1.807, 2.05) is 0 Å². The minimum Gasteiger partial charge on any atom is -0.489 e. The summed E-state index contributed by atoms with van der Waals surface area (Å²) in [5, 5.41) is 4.89. The van der Waals surface area contributed by atoms with E-state index < -0.39 is 0 Å². The Hall–Kier alpha value is -1.74. The number of rotatable bonds is 0. The van der Waals surface area contributed by atoms with Gasteiger partial charge in [-0.15, -0.1) is 0 Å². The molecule has 0 radical (unpaired) electrons. The monoisotopic (exact) mass is 254 g/mol. The molecule has 3 heteroatoms. The molecule has 0 unspecified atom stereocenters. The first-order chi connectivity index (χ1) is 9.36. The van der Waals surface area contributed by atoms with Gasteiger partial charge in [-0.05, 0) is 36.7 Å². The lowest BCUT2D eigenvalue weighted by Crippen LogP contribution is -2.17. The van der Waals surface area contributed by atoms with Crippen molar-refractivity contribution in [2.75, 3.05) is 19.7 Å². The van der Waals surface area contributed by atoms with Crippen LogP contribution in [-0.2, 0) is 19.9 Å². The maximum absolute atomic E-state index is 5.75. The van der Waals surface area contributed by atoms with Crippen LogP contribution in [0.5, 0.6) is 5.75 Å². The Labute approximate surface area is 112 Å². The van der Waals surface area contributed by atoms with Gasteiger partial charge in [0.25, 0.3) is 0 Å². The second-order valence-electron chi connectivity index (χ2n) is 5.32. The van der Waals surface area contributed by atoms with Gasteiger partial charge >= 0.3 is 0 Å². The lowest BCUT2D eigenvalue weighted by atomic mass is 10.00. The second-order valence-corrected chi connectivity index (χ2v) is 5.32. The Balaban J connectivity index is 2.09. The number of aryl methyl sites for hydroxylation is 1. The van der Waals surface area contributed by atoms with Crippen LogP contribution in [0, 0.1) is 0 Å². The molecule has 0 atom stereocenters. The van der Waals surface area contributed by atoms with Crippen molar-refractivity contribution in [3.8, 4) is 5.75 Å². The first-order valence-electron chi connectivity index (χ1n) is 6.99. The lowest BCUT2D eigenvalue weighted by Gasteiger charge is -2.14. The molecule has 0 spiro atoms. The molecule has 1 aromatic heterocycles. The highest BCUT2D eigenvalue weighted by molar-refractivity contribution is 5.96. The number of ether oxygens (including phenoxy) is 1. The van der Waals surface area contributed by atoms with Crippen LogP contribution in [0.25, 0.3) is 17.0 Å². The fourth-order valence-electron chi connectivity index (χ4n) is 3.41. The minimum atomic E-state index is 0.690. The van der Waals surface area contributed by atoms with Crippen LogP contribution in [0.1, 0.15) is 16.8 Å². The summed E-state index contributed by atoms with van der Waals surface area (Å²) in [5.74, 6) is 1.03. The lowest BCUT2D eigenvalue weighted by molar-refractivity contribution is 0.359. The van der Waals surface area contributed by atoms with Gasteiger partial charge in [0, 0.05) is 42.2 Å². The smallest absolute Gasteiger partial charge is 0.127 e. The van der Waals surface area contributed by atoms with Gasteiger partial charge in [-0.1, -0.05) is 6.08 Å². The van der Waals surface area contributed by atoms with Gasteiger partial charge < -0.3 is 14.6 Å². The maximum atomic E-state index is 5.75. The standard InChI is InChI=1S/C16H18N2O/c1-18-13-7-9-17-8-6-11(13)16-12-3-2-10-19-15(12)5-4-14(16)18/h2-5,17H,6-10H2,1H3. The molecule has 2 aliphatic heterocycles. The SMILES string of the molecule is Cn1c2c(c3c4c(ccc31)OCC=C4)CCNCC2. The van der Waals surface area contributed by atoms with E-state index in [2.05, 4.69) is 41.2 Å². The van der Waals surface area contributed by atoms with Crippen molar-refractivity contribution >= 4 is 17.0 Å². The van der Waals surface area contributed by atoms with E-state index in [4.69, 9.17) is 4.74 Å². The molecule has 19 heavy (non-hydrogen) atoms. The molecule has 2 aliphatic rings. The molecule has 98 valence electrons. The van der Waals surface area contributed by atoms with Crippen molar-refractivity contribution in [1.82, 2.24) is 9.88 Å². The molecule has 3 heterocycles. The fraction of sp³-hybridized carbons (Fsp3) is 0.375. The topological polar surface area (TPSA) is 26.2 Å². The van der Waals surface area contributed by atoms with Gasteiger partial charge in [0.05, 0.1) is 0 Å². The number of nitrogens with zero attached hydrogens (tertiary/aromatic N) is 1. The molecule has 0 saturated carbocycles. The van der Waals surface area contributed by atoms with Crippen LogP contribution in [-0.4, -0.2) is 24.3 Å². The largest absolute Gasteiger partial charge is 0.489 e. The highest BCUT2D eigenvalue weighted by atomic mass is 16.5. The fourth-order valence-corrected chi connectivity index (χ4v) is 3.41. The molecule has 0 fully saturated rings.